The number of carbonyl (C=O) groups is 1. The molecular weight excluding hydrogens is 354 g/mol. The van der Waals surface area contributed by atoms with Gasteiger partial charge in [0, 0.05) is 11.6 Å². The van der Waals surface area contributed by atoms with Crippen molar-refractivity contribution < 1.29 is 23.7 Å². The smallest absolute Gasteiger partial charge is 0.338 e. The lowest BCUT2D eigenvalue weighted by Crippen LogP contribution is -2.06. The van der Waals surface area contributed by atoms with Gasteiger partial charge in [-0.15, -0.1) is 0 Å². The lowest BCUT2D eigenvalue weighted by Gasteiger charge is -2.04. The monoisotopic (exact) mass is 369 g/mol. The van der Waals surface area contributed by atoms with Crippen LogP contribution in [0.15, 0.2) is 47.0 Å². The number of benzene rings is 2. The molecule has 3 rings (SSSR count). The van der Waals surface area contributed by atoms with E-state index in [1.54, 1.807) is 25.1 Å². The van der Waals surface area contributed by atoms with Crippen LogP contribution in [0.25, 0.3) is 11.4 Å². The summed E-state index contributed by atoms with van der Waals surface area (Å²) in [4.78, 5) is 26.7. The maximum atomic E-state index is 12.1. The van der Waals surface area contributed by atoms with Crippen LogP contribution in [0.1, 0.15) is 21.8 Å². The number of hydrogen-bond acceptors (Lipinski definition) is 8. The Morgan fingerprint density at radius 1 is 1.26 bits per heavy atom. The van der Waals surface area contributed by atoms with Crippen molar-refractivity contribution in [3.05, 3.63) is 69.6 Å². The Bertz CT molecular complexity index is 998. The van der Waals surface area contributed by atoms with Crippen LogP contribution in [0.2, 0.25) is 0 Å². The zero-order valence-corrected chi connectivity index (χ0v) is 14.5. The van der Waals surface area contributed by atoms with Crippen LogP contribution in [-0.4, -0.2) is 28.1 Å². The molecule has 9 heteroatoms. The van der Waals surface area contributed by atoms with Crippen molar-refractivity contribution in [2.45, 2.75) is 13.5 Å². The summed E-state index contributed by atoms with van der Waals surface area (Å²) in [7, 11) is 1.53. The Morgan fingerprint density at radius 3 is 2.78 bits per heavy atom. The molecule has 27 heavy (non-hydrogen) atoms. The number of aryl methyl sites for hydroxylation is 1. The molecule has 0 unspecified atom stereocenters. The Labute approximate surface area is 153 Å². The number of rotatable bonds is 6. The minimum atomic E-state index is -0.727. The molecule has 1 heterocycles. The maximum absolute atomic E-state index is 12.1. The zero-order valence-electron chi connectivity index (χ0n) is 14.5. The molecule has 0 atom stereocenters. The molecule has 0 fully saturated rings. The molecule has 0 bridgehead atoms. The van der Waals surface area contributed by atoms with Crippen molar-refractivity contribution >= 4 is 11.7 Å². The molecule has 2 aromatic carbocycles. The molecule has 9 nitrogen and oxygen atoms in total. The van der Waals surface area contributed by atoms with Crippen LogP contribution < -0.4 is 4.74 Å². The molecule has 0 amide bonds. The van der Waals surface area contributed by atoms with Crippen molar-refractivity contribution in [2.24, 2.45) is 0 Å². The van der Waals surface area contributed by atoms with Gasteiger partial charge in [0.25, 0.3) is 11.6 Å². The summed E-state index contributed by atoms with van der Waals surface area (Å²) in [6.45, 7) is 1.33. The van der Waals surface area contributed by atoms with Crippen LogP contribution in [-0.2, 0) is 11.3 Å². The number of nitro benzene ring substituents is 1. The lowest BCUT2D eigenvalue weighted by molar-refractivity contribution is -0.385. The Morgan fingerprint density at radius 2 is 2.04 bits per heavy atom. The van der Waals surface area contributed by atoms with Gasteiger partial charge in [0.05, 0.1) is 23.2 Å². The SMILES string of the molecule is COc1ccccc1-c1noc(COC(=O)c2ccc(C)c([N+](=O)[O-])c2)n1. The molecule has 3 aromatic rings. The van der Waals surface area contributed by atoms with Gasteiger partial charge in [-0.1, -0.05) is 23.4 Å². The summed E-state index contributed by atoms with van der Waals surface area (Å²) >= 11 is 0. The van der Waals surface area contributed by atoms with Gasteiger partial charge in [-0.25, -0.2) is 4.79 Å². The topological polar surface area (TPSA) is 118 Å². The molecule has 0 saturated carbocycles. The molecule has 138 valence electrons. The van der Waals surface area contributed by atoms with Crippen LogP contribution in [0.5, 0.6) is 5.75 Å². The van der Waals surface area contributed by atoms with Crippen molar-refractivity contribution in [2.75, 3.05) is 7.11 Å². The number of ether oxygens (including phenoxy) is 2. The first-order chi connectivity index (χ1) is 13.0. The van der Waals surface area contributed by atoms with Gasteiger partial charge in [-0.05, 0) is 25.1 Å². The number of esters is 1. The van der Waals surface area contributed by atoms with E-state index in [0.29, 0.717) is 22.7 Å². The number of hydrogen-bond donors (Lipinski definition) is 0. The highest BCUT2D eigenvalue weighted by molar-refractivity contribution is 5.90. The van der Waals surface area contributed by atoms with E-state index in [4.69, 9.17) is 14.0 Å². The summed E-state index contributed by atoms with van der Waals surface area (Å²) < 4.78 is 15.4. The molecule has 1 aromatic heterocycles. The third kappa shape index (κ3) is 3.92. The molecule has 0 spiro atoms. The predicted octanol–water partition coefficient (Wildman–Crippen LogP) is 3.32. The number of nitrogens with zero attached hydrogens (tertiary/aromatic N) is 3. The lowest BCUT2D eigenvalue weighted by atomic mass is 10.1. The summed E-state index contributed by atoms with van der Waals surface area (Å²) in [6, 6.07) is 11.3. The first-order valence-corrected chi connectivity index (χ1v) is 7.87. The van der Waals surface area contributed by atoms with E-state index in [-0.39, 0.29) is 23.7 Å². The fraction of sp³-hybridized carbons (Fsp3) is 0.167. The molecule has 0 radical (unpaired) electrons. The van der Waals surface area contributed by atoms with Gasteiger partial charge in [-0.3, -0.25) is 10.1 Å². The van der Waals surface area contributed by atoms with Crippen LogP contribution in [0.4, 0.5) is 5.69 Å². The number of para-hydroxylation sites is 1. The van der Waals surface area contributed by atoms with E-state index in [1.807, 2.05) is 6.07 Å². The predicted molar refractivity (Wildman–Crippen MR) is 93.2 cm³/mol. The van der Waals surface area contributed by atoms with Gasteiger partial charge in [0.15, 0.2) is 6.61 Å². The summed E-state index contributed by atoms with van der Waals surface area (Å²) in [6.07, 6.45) is 0. The minimum Gasteiger partial charge on any atom is -0.496 e. The van der Waals surface area contributed by atoms with E-state index in [9.17, 15) is 14.9 Å². The average molecular weight is 369 g/mol. The van der Waals surface area contributed by atoms with Gasteiger partial charge in [-0.2, -0.15) is 4.98 Å². The van der Waals surface area contributed by atoms with Gasteiger partial charge < -0.3 is 14.0 Å². The van der Waals surface area contributed by atoms with E-state index in [2.05, 4.69) is 10.1 Å². The van der Waals surface area contributed by atoms with E-state index >= 15 is 0 Å². The first-order valence-electron chi connectivity index (χ1n) is 7.87. The summed E-state index contributed by atoms with van der Waals surface area (Å²) in [5.41, 5.74) is 1.00. The average Bonchev–Trinajstić information content (AvgIpc) is 3.15. The van der Waals surface area contributed by atoms with Crippen molar-refractivity contribution in [3.63, 3.8) is 0 Å². The second-order valence-corrected chi connectivity index (χ2v) is 5.55. The quantitative estimate of drug-likeness (QED) is 0.369. The summed E-state index contributed by atoms with van der Waals surface area (Å²) in [5, 5.41) is 14.8. The molecule has 0 aliphatic heterocycles. The normalized spacial score (nSPS) is 10.4. The van der Waals surface area contributed by atoms with E-state index < -0.39 is 10.9 Å². The highest BCUT2D eigenvalue weighted by Gasteiger charge is 2.18. The van der Waals surface area contributed by atoms with Crippen LogP contribution in [0, 0.1) is 17.0 Å². The molecule has 0 saturated heterocycles. The Kier molecular flexibility index (Phi) is 5.11. The number of nitro groups is 1. The minimum absolute atomic E-state index is 0.0665. The zero-order chi connectivity index (χ0) is 19.4. The van der Waals surface area contributed by atoms with Crippen molar-refractivity contribution in [3.8, 4) is 17.1 Å². The maximum Gasteiger partial charge on any atom is 0.338 e. The second kappa shape index (κ2) is 7.65. The van der Waals surface area contributed by atoms with Crippen molar-refractivity contribution in [1.82, 2.24) is 10.1 Å². The standard InChI is InChI=1S/C18H15N3O6/c1-11-7-8-12(9-14(11)21(23)24)18(22)26-10-16-19-17(20-27-16)13-5-3-4-6-15(13)25-2/h3-9H,10H2,1-2H3. The second-order valence-electron chi connectivity index (χ2n) is 5.55. The van der Waals surface area contributed by atoms with Crippen LogP contribution >= 0.6 is 0 Å². The van der Waals surface area contributed by atoms with Gasteiger partial charge >= 0.3 is 5.97 Å². The van der Waals surface area contributed by atoms with E-state index in [0.717, 1.165) is 0 Å². The molecule has 0 aliphatic carbocycles. The third-order valence-corrected chi connectivity index (χ3v) is 3.78. The first kappa shape index (κ1) is 18.1. The molecular formula is C18H15N3O6. The Balaban J connectivity index is 1.71. The molecule has 0 aliphatic rings. The highest BCUT2D eigenvalue weighted by Crippen LogP contribution is 2.27. The highest BCUT2D eigenvalue weighted by atomic mass is 16.6. The van der Waals surface area contributed by atoms with Gasteiger partial charge in [0.1, 0.15) is 5.75 Å². The fourth-order valence-corrected chi connectivity index (χ4v) is 2.40. The van der Waals surface area contributed by atoms with E-state index in [1.165, 1.54) is 25.3 Å². The molecule has 0 N–H and O–H groups in total. The number of methoxy groups -OCH3 is 1. The largest absolute Gasteiger partial charge is 0.496 e. The van der Waals surface area contributed by atoms with Gasteiger partial charge in [0.2, 0.25) is 5.82 Å². The summed E-state index contributed by atoms with van der Waals surface area (Å²) in [5.74, 6) is 0.235. The van der Waals surface area contributed by atoms with Crippen LogP contribution in [0.3, 0.4) is 0 Å². The van der Waals surface area contributed by atoms with Crippen molar-refractivity contribution in [1.29, 1.82) is 0 Å². The number of carbonyl (C=O) groups excluding carboxylic acids is 1. The Hall–Kier alpha value is -3.75. The third-order valence-electron chi connectivity index (χ3n) is 3.78. The number of aromatic nitrogens is 2. The fourth-order valence-electron chi connectivity index (χ4n) is 2.40.